The number of rotatable bonds is 6. The first-order valence-electron chi connectivity index (χ1n) is 5.50. The summed E-state index contributed by atoms with van der Waals surface area (Å²) in [7, 11) is 0. The molecule has 5 heteroatoms. The van der Waals surface area contributed by atoms with Crippen LogP contribution in [0.5, 0.6) is 0 Å². The van der Waals surface area contributed by atoms with Crippen LogP contribution in [0.25, 0.3) is 0 Å². The van der Waals surface area contributed by atoms with Crippen molar-refractivity contribution in [1.82, 2.24) is 20.1 Å². The zero-order valence-corrected chi connectivity index (χ0v) is 10.2. The van der Waals surface area contributed by atoms with E-state index in [-0.39, 0.29) is 0 Å². The molecule has 0 bridgehead atoms. The smallest absolute Gasteiger partial charge is 0.107 e. The van der Waals surface area contributed by atoms with Gasteiger partial charge in [-0.2, -0.15) is 5.10 Å². The van der Waals surface area contributed by atoms with E-state index in [0.717, 1.165) is 36.8 Å². The van der Waals surface area contributed by atoms with Crippen LogP contribution in [0, 0.1) is 0 Å². The zero-order chi connectivity index (χ0) is 11.2. The van der Waals surface area contributed by atoms with Crippen LogP contribution in [0.2, 0.25) is 0 Å². The minimum atomic E-state index is 0.761. The van der Waals surface area contributed by atoms with Gasteiger partial charge in [0, 0.05) is 24.3 Å². The maximum absolute atomic E-state index is 4.55. The molecule has 0 unspecified atom stereocenters. The van der Waals surface area contributed by atoms with Gasteiger partial charge < -0.3 is 5.32 Å². The molecule has 0 radical (unpaired) electrons. The first kappa shape index (κ1) is 11.3. The van der Waals surface area contributed by atoms with Gasteiger partial charge in [0.2, 0.25) is 0 Å². The molecule has 0 aromatic carbocycles. The van der Waals surface area contributed by atoms with Crippen LogP contribution in [-0.2, 0) is 13.1 Å². The Morgan fingerprint density at radius 3 is 3.19 bits per heavy atom. The Kier molecular flexibility index (Phi) is 4.07. The molecule has 16 heavy (non-hydrogen) atoms. The minimum Gasteiger partial charge on any atom is -0.310 e. The molecule has 0 aliphatic rings. The monoisotopic (exact) mass is 236 g/mol. The molecule has 0 amide bonds. The molecular weight excluding hydrogens is 220 g/mol. The lowest BCUT2D eigenvalue weighted by atomic mass is 10.4. The Bertz CT molecular complexity index is 407. The maximum atomic E-state index is 4.55. The summed E-state index contributed by atoms with van der Waals surface area (Å²) >= 11 is 1.71. The molecule has 0 saturated heterocycles. The molecule has 2 aromatic rings. The highest BCUT2D eigenvalue weighted by atomic mass is 32.1. The molecule has 0 saturated carbocycles. The van der Waals surface area contributed by atoms with Crippen molar-refractivity contribution in [3.63, 3.8) is 0 Å². The summed E-state index contributed by atoms with van der Waals surface area (Å²) < 4.78 is 1.89. The third-order valence-corrected chi connectivity index (χ3v) is 3.08. The Morgan fingerprint density at radius 2 is 2.44 bits per heavy atom. The quantitative estimate of drug-likeness (QED) is 0.779. The van der Waals surface area contributed by atoms with Gasteiger partial charge in [-0.05, 0) is 19.0 Å². The Morgan fingerprint density at radius 1 is 1.50 bits per heavy atom. The molecule has 2 aromatic heterocycles. The first-order valence-corrected chi connectivity index (χ1v) is 6.38. The number of nitrogens with zero attached hydrogens (tertiary/aromatic N) is 3. The van der Waals surface area contributed by atoms with Crippen molar-refractivity contribution in [2.45, 2.75) is 26.4 Å². The fourth-order valence-corrected chi connectivity index (χ4v) is 2.19. The second-order valence-electron chi connectivity index (χ2n) is 3.61. The van der Waals surface area contributed by atoms with E-state index < -0.39 is 0 Å². The van der Waals surface area contributed by atoms with Gasteiger partial charge in [0.15, 0.2) is 0 Å². The van der Waals surface area contributed by atoms with Gasteiger partial charge in [0.05, 0.1) is 12.2 Å². The van der Waals surface area contributed by atoms with Gasteiger partial charge >= 0.3 is 0 Å². The highest BCUT2D eigenvalue weighted by molar-refractivity contribution is 7.09. The highest BCUT2D eigenvalue weighted by Gasteiger charge is 2.02. The number of thiazole rings is 1. The lowest BCUT2D eigenvalue weighted by Gasteiger charge is -1.98. The predicted octanol–water partition coefficient (Wildman–Crippen LogP) is 1.89. The topological polar surface area (TPSA) is 42.7 Å². The van der Waals surface area contributed by atoms with Crippen LogP contribution < -0.4 is 5.32 Å². The number of hydrogen-bond acceptors (Lipinski definition) is 4. The molecule has 0 atom stereocenters. The average molecular weight is 236 g/mol. The second kappa shape index (κ2) is 5.77. The van der Waals surface area contributed by atoms with Crippen LogP contribution in [0.3, 0.4) is 0 Å². The Labute approximate surface area is 99.3 Å². The van der Waals surface area contributed by atoms with Gasteiger partial charge in [-0.3, -0.25) is 4.68 Å². The normalized spacial score (nSPS) is 10.8. The predicted molar refractivity (Wildman–Crippen MR) is 65.4 cm³/mol. The van der Waals surface area contributed by atoms with E-state index in [1.165, 1.54) is 0 Å². The third-order valence-electron chi connectivity index (χ3n) is 2.19. The lowest BCUT2D eigenvalue weighted by Crippen LogP contribution is -2.13. The second-order valence-corrected chi connectivity index (χ2v) is 4.56. The van der Waals surface area contributed by atoms with E-state index in [1.54, 1.807) is 17.5 Å². The van der Waals surface area contributed by atoms with Crippen LogP contribution in [0.15, 0.2) is 23.8 Å². The van der Waals surface area contributed by atoms with Crippen molar-refractivity contribution in [3.05, 3.63) is 34.5 Å². The van der Waals surface area contributed by atoms with Crippen LogP contribution in [0.4, 0.5) is 0 Å². The summed E-state index contributed by atoms with van der Waals surface area (Å²) in [5, 5.41) is 10.8. The molecule has 0 aliphatic carbocycles. The SMILES string of the molecule is CCCNCc1nc(Cn2cccn2)cs1. The summed E-state index contributed by atoms with van der Waals surface area (Å²) in [4.78, 5) is 4.55. The summed E-state index contributed by atoms with van der Waals surface area (Å²) in [6.45, 7) is 4.85. The van der Waals surface area contributed by atoms with Crippen molar-refractivity contribution >= 4 is 11.3 Å². The van der Waals surface area contributed by atoms with Crippen molar-refractivity contribution in [3.8, 4) is 0 Å². The van der Waals surface area contributed by atoms with E-state index >= 15 is 0 Å². The van der Waals surface area contributed by atoms with E-state index in [2.05, 4.69) is 27.7 Å². The minimum absolute atomic E-state index is 0.761. The van der Waals surface area contributed by atoms with Gasteiger partial charge in [-0.25, -0.2) is 4.98 Å². The van der Waals surface area contributed by atoms with Crippen LogP contribution in [0.1, 0.15) is 24.0 Å². The molecule has 0 spiro atoms. The van der Waals surface area contributed by atoms with Crippen molar-refractivity contribution < 1.29 is 0 Å². The molecule has 2 rings (SSSR count). The van der Waals surface area contributed by atoms with Crippen molar-refractivity contribution in [1.29, 1.82) is 0 Å². The van der Waals surface area contributed by atoms with E-state index in [4.69, 9.17) is 0 Å². The van der Waals surface area contributed by atoms with Gasteiger partial charge in [-0.1, -0.05) is 6.92 Å². The molecule has 0 aliphatic heterocycles. The molecule has 0 fully saturated rings. The van der Waals surface area contributed by atoms with E-state index in [9.17, 15) is 0 Å². The third kappa shape index (κ3) is 3.15. The lowest BCUT2D eigenvalue weighted by molar-refractivity contribution is 0.656. The molecule has 86 valence electrons. The Balaban J connectivity index is 1.87. The molecular formula is C11H16N4S. The summed E-state index contributed by atoms with van der Waals surface area (Å²) in [5.74, 6) is 0. The van der Waals surface area contributed by atoms with Crippen LogP contribution >= 0.6 is 11.3 Å². The highest BCUT2D eigenvalue weighted by Crippen LogP contribution is 2.10. The average Bonchev–Trinajstić information content (AvgIpc) is 2.91. The summed E-state index contributed by atoms with van der Waals surface area (Å²) in [6.07, 6.45) is 4.90. The fraction of sp³-hybridized carbons (Fsp3) is 0.455. The van der Waals surface area contributed by atoms with Gasteiger partial charge in [0.25, 0.3) is 0 Å². The maximum Gasteiger partial charge on any atom is 0.107 e. The largest absolute Gasteiger partial charge is 0.310 e. The van der Waals surface area contributed by atoms with E-state index in [0.29, 0.717) is 0 Å². The zero-order valence-electron chi connectivity index (χ0n) is 9.39. The fourth-order valence-electron chi connectivity index (χ4n) is 1.43. The van der Waals surface area contributed by atoms with Gasteiger partial charge in [-0.15, -0.1) is 11.3 Å². The number of hydrogen-bond donors (Lipinski definition) is 1. The van der Waals surface area contributed by atoms with Gasteiger partial charge in [0.1, 0.15) is 5.01 Å². The van der Waals surface area contributed by atoms with E-state index in [1.807, 2.05) is 16.9 Å². The van der Waals surface area contributed by atoms with Crippen molar-refractivity contribution in [2.75, 3.05) is 6.54 Å². The number of aromatic nitrogens is 3. The molecule has 2 heterocycles. The standard InChI is InChI=1S/C11H16N4S/c1-2-4-12-7-11-14-10(9-16-11)8-15-6-3-5-13-15/h3,5-6,9,12H,2,4,7-8H2,1H3. The molecule has 1 N–H and O–H groups in total. The van der Waals surface area contributed by atoms with Crippen molar-refractivity contribution in [2.24, 2.45) is 0 Å². The molecule has 4 nitrogen and oxygen atoms in total. The number of nitrogens with one attached hydrogen (secondary N) is 1. The Hall–Kier alpha value is -1.20. The summed E-state index contributed by atoms with van der Waals surface area (Å²) in [6, 6.07) is 1.93. The first-order chi connectivity index (χ1) is 7.88. The summed E-state index contributed by atoms with van der Waals surface area (Å²) in [5.41, 5.74) is 1.09. The van der Waals surface area contributed by atoms with Crippen LogP contribution in [-0.4, -0.2) is 21.3 Å².